The maximum absolute atomic E-state index is 13.5. The average molecular weight is 528 g/mol. The lowest BCUT2D eigenvalue weighted by Crippen LogP contribution is -2.20. The number of ether oxygens (including phenoxy) is 1. The van der Waals surface area contributed by atoms with Gasteiger partial charge in [-0.15, -0.1) is 0 Å². The first-order chi connectivity index (χ1) is 17.9. The number of esters is 1. The highest BCUT2D eigenvalue weighted by atomic mass is 35.5. The molecule has 0 atom stereocenters. The largest absolute Gasteiger partial charge is 0.422 e. The second-order valence-corrected chi connectivity index (χ2v) is 9.08. The molecule has 6 nitrogen and oxygen atoms in total. The Hall–Kier alpha value is -4.26. The number of carbonyl (C=O) groups is 1. The van der Waals surface area contributed by atoms with E-state index < -0.39 is 5.97 Å². The number of aryl methyl sites for hydroxylation is 1. The number of aromatic nitrogens is 2. The van der Waals surface area contributed by atoms with Gasteiger partial charge in [0.2, 0.25) is 0 Å². The summed E-state index contributed by atoms with van der Waals surface area (Å²) < 4.78 is 6.82. The van der Waals surface area contributed by atoms with Gasteiger partial charge in [0.15, 0.2) is 5.82 Å². The summed E-state index contributed by atoms with van der Waals surface area (Å²) in [6.07, 6.45) is 1.45. The molecule has 0 aliphatic heterocycles. The van der Waals surface area contributed by atoms with Gasteiger partial charge in [-0.3, -0.25) is 4.79 Å². The summed E-state index contributed by atoms with van der Waals surface area (Å²) in [6, 6.07) is 25.9. The highest BCUT2D eigenvalue weighted by Crippen LogP contribution is 2.29. The zero-order valence-electron chi connectivity index (χ0n) is 19.6. The second kappa shape index (κ2) is 10.4. The van der Waals surface area contributed by atoms with Crippen molar-refractivity contribution < 1.29 is 9.53 Å². The molecule has 0 aliphatic rings. The Kier molecular flexibility index (Phi) is 6.86. The molecule has 0 bridgehead atoms. The van der Waals surface area contributed by atoms with E-state index >= 15 is 0 Å². The maximum Gasteiger partial charge on any atom is 0.343 e. The Morgan fingerprint density at radius 2 is 1.68 bits per heavy atom. The molecule has 4 aromatic carbocycles. The third kappa shape index (κ3) is 5.16. The summed E-state index contributed by atoms with van der Waals surface area (Å²) in [6.45, 7) is 1.94. The van der Waals surface area contributed by atoms with E-state index in [-0.39, 0.29) is 11.4 Å². The maximum atomic E-state index is 13.5. The first kappa shape index (κ1) is 24.4. The number of hydrogen-bond donors (Lipinski definition) is 0. The molecular formula is C29H19Cl2N3O3. The van der Waals surface area contributed by atoms with Crippen LogP contribution in [0.25, 0.3) is 22.3 Å². The Labute approximate surface area is 222 Å². The van der Waals surface area contributed by atoms with E-state index in [1.54, 1.807) is 78.9 Å². The molecule has 5 aromatic rings. The van der Waals surface area contributed by atoms with Crippen LogP contribution in [0.1, 0.15) is 21.5 Å². The molecule has 0 amide bonds. The van der Waals surface area contributed by atoms with Gasteiger partial charge in [-0.05, 0) is 61.5 Å². The molecule has 0 fully saturated rings. The van der Waals surface area contributed by atoms with Gasteiger partial charge in [0.1, 0.15) is 5.75 Å². The minimum Gasteiger partial charge on any atom is -0.422 e. The molecule has 0 N–H and O–H groups in total. The lowest BCUT2D eigenvalue weighted by Gasteiger charge is -2.11. The van der Waals surface area contributed by atoms with Crippen molar-refractivity contribution in [2.24, 2.45) is 5.10 Å². The molecule has 0 radical (unpaired) electrons. The summed E-state index contributed by atoms with van der Waals surface area (Å²) in [5.74, 6) is 0.0412. The lowest BCUT2D eigenvalue weighted by atomic mass is 10.1. The SMILES string of the molecule is Cc1ccc(C(=O)Oc2ccccc2C=Nn2c(-c3ccc(Cl)cc3Cl)nc3ccccc3c2=O)cc1. The van der Waals surface area contributed by atoms with Crippen LogP contribution in [0.3, 0.4) is 0 Å². The molecule has 0 spiro atoms. The van der Waals surface area contributed by atoms with Crippen molar-refractivity contribution in [3.63, 3.8) is 0 Å². The lowest BCUT2D eigenvalue weighted by molar-refractivity contribution is 0.0734. The van der Waals surface area contributed by atoms with Gasteiger partial charge in [0, 0.05) is 16.1 Å². The highest BCUT2D eigenvalue weighted by Gasteiger charge is 2.16. The van der Waals surface area contributed by atoms with Gasteiger partial charge in [0.05, 0.1) is 27.7 Å². The third-order valence-electron chi connectivity index (χ3n) is 5.65. The van der Waals surface area contributed by atoms with E-state index in [9.17, 15) is 9.59 Å². The number of para-hydroxylation sites is 2. The van der Waals surface area contributed by atoms with E-state index in [1.165, 1.54) is 10.9 Å². The van der Waals surface area contributed by atoms with Crippen molar-refractivity contribution in [2.45, 2.75) is 6.92 Å². The van der Waals surface area contributed by atoms with Crippen molar-refractivity contribution in [3.8, 4) is 17.1 Å². The van der Waals surface area contributed by atoms with Crippen LogP contribution in [0.2, 0.25) is 10.0 Å². The quantitative estimate of drug-likeness (QED) is 0.143. The minimum atomic E-state index is -0.501. The van der Waals surface area contributed by atoms with Crippen LogP contribution in [0, 0.1) is 6.92 Å². The van der Waals surface area contributed by atoms with Gasteiger partial charge in [-0.1, -0.05) is 65.2 Å². The molecule has 5 rings (SSSR count). The van der Waals surface area contributed by atoms with E-state index in [0.29, 0.717) is 43.4 Å². The Bertz CT molecular complexity index is 1730. The number of rotatable bonds is 5. The number of benzene rings is 4. The molecule has 1 aromatic heterocycles. The predicted molar refractivity (Wildman–Crippen MR) is 147 cm³/mol. The van der Waals surface area contributed by atoms with E-state index in [0.717, 1.165) is 5.56 Å². The zero-order chi connectivity index (χ0) is 25.9. The van der Waals surface area contributed by atoms with Gasteiger partial charge in [0.25, 0.3) is 5.56 Å². The average Bonchev–Trinajstić information content (AvgIpc) is 2.89. The molecule has 0 saturated heterocycles. The van der Waals surface area contributed by atoms with Crippen molar-refractivity contribution >= 4 is 46.3 Å². The molecule has 0 aliphatic carbocycles. The number of fused-ring (bicyclic) bond motifs is 1. The van der Waals surface area contributed by atoms with Crippen molar-refractivity contribution in [1.82, 2.24) is 9.66 Å². The van der Waals surface area contributed by atoms with Crippen LogP contribution >= 0.6 is 23.2 Å². The van der Waals surface area contributed by atoms with Crippen LogP contribution in [0.4, 0.5) is 0 Å². The Morgan fingerprint density at radius 3 is 2.46 bits per heavy atom. The summed E-state index contributed by atoms with van der Waals surface area (Å²) in [7, 11) is 0. The standard InChI is InChI=1S/C29H19Cl2N3O3/c1-18-10-12-19(13-11-18)29(36)37-26-9-5-2-6-20(26)17-32-34-27(22-15-14-21(30)16-24(22)31)33-25-8-4-3-7-23(25)28(34)35/h2-17H,1H3. The Morgan fingerprint density at radius 1 is 0.946 bits per heavy atom. The monoisotopic (exact) mass is 527 g/mol. The van der Waals surface area contributed by atoms with Crippen LogP contribution < -0.4 is 10.3 Å². The number of hydrogen-bond acceptors (Lipinski definition) is 5. The van der Waals surface area contributed by atoms with Crippen LogP contribution in [-0.2, 0) is 0 Å². The molecule has 0 saturated carbocycles. The fourth-order valence-electron chi connectivity index (χ4n) is 3.72. The summed E-state index contributed by atoms with van der Waals surface area (Å²) in [5.41, 5.74) is 2.58. The predicted octanol–water partition coefficient (Wildman–Crippen LogP) is 6.78. The number of nitrogens with zero attached hydrogens (tertiary/aromatic N) is 3. The van der Waals surface area contributed by atoms with Crippen molar-refractivity contribution in [1.29, 1.82) is 0 Å². The van der Waals surface area contributed by atoms with Gasteiger partial charge >= 0.3 is 5.97 Å². The van der Waals surface area contributed by atoms with Crippen LogP contribution in [0.5, 0.6) is 5.75 Å². The van der Waals surface area contributed by atoms with Crippen LogP contribution in [0.15, 0.2) is 101 Å². The van der Waals surface area contributed by atoms with E-state index in [4.69, 9.17) is 27.9 Å². The smallest absolute Gasteiger partial charge is 0.343 e. The minimum absolute atomic E-state index is 0.246. The summed E-state index contributed by atoms with van der Waals surface area (Å²) in [4.78, 5) is 30.8. The molecule has 182 valence electrons. The van der Waals surface area contributed by atoms with Crippen molar-refractivity contribution in [3.05, 3.63) is 128 Å². The molecule has 8 heteroatoms. The second-order valence-electron chi connectivity index (χ2n) is 8.23. The van der Waals surface area contributed by atoms with Gasteiger partial charge in [-0.25, -0.2) is 9.78 Å². The normalized spacial score (nSPS) is 11.2. The fourth-order valence-corrected chi connectivity index (χ4v) is 4.22. The summed E-state index contributed by atoms with van der Waals surface area (Å²) >= 11 is 12.5. The van der Waals surface area contributed by atoms with Gasteiger partial charge in [-0.2, -0.15) is 9.78 Å². The van der Waals surface area contributed by atoms with Gasteiger partial charge < -0.3 is 4.74 Å². The van der Waals surface area contributed by atoms with E-state index in [2.05, 4.69) is 10.1 Å². The molecule has 0 unspecified atom stereocenters. The molecule has 1 heterocycles. The molecular weight excluding hydrogens is 509 g/mol. The van der Waals surface area contributed by atoms with E-state index in [1.807, 2.05) is 19.1 Å². The first-order valence-electron chi connectivity index (χ1n) is 11.3. The molecule has 37 heavy (non-hydrogen) atoms. The fraction of sp³-hybridized carbons (Fsp3) is 0.0345. The Balaban J connectivity index is 1.58. The topological polar surface area (TPSA) is 73.5 Å². The number of halogens is 2. The number of carbonyl (C=O) groups excluding carboxylic acids is 1. The highest BCUT2D eigenvalue weighted by molar-refractivity contribution is 6.36. The van der Waals surface area contributed by atoms with Crippen molar-refractivity contribution in [2.75, 3.05) is 0 Å². The summed E-state index contributed by atoms with van der Waals surface area (Å²) in [5, 5.41) is 5.63. The third-order valence-corrected chi connectivity index (χ3v) is 6.19. The zero-order valence-corrected chi connectivity index (χ0v) is 21.1. The first-order valence-corrected chi connectivity index (χ1v) is 12.1. The van der Waals surface area contributed by atoms with Crippen LogP contribution in [-0.4, -0.2) is 21.8 Å².